The van der Waals surface area contributed by atoms with Gasteiger partial charge >= 0.3 is 0 Å². The maximum atomic E-state index is 14.8. The highest BCUT2D eigenvalue weighted by atomic mass is 16.3. The largest absolute Gasteiger partial charge is 0.508 e. The van der Waals surface area contributed by atoms with Crippen LogP contribution in [-0.4, -0.2) is 85.0 Å². The number of aromatic nitrogens is 1. The second-order valence-corrected chi connectivity index (χ2v) is 16.0. The zero-order valence-electron chi connectivity index (χ0n) is 34.8. The van der Waals surface area contributed by atoms with Gasteiger partial charge in [0.1, 0.15) is 18.0 Å². The van der Waals surface area contributed by atoms with Gasteiger partial charge in [-0.05, 0) is 59.4 Å². The summed E-state index contributed by atoms with van der Waals surface area (Å²) in [5, 5.41) is 17.5. The Bertz CT molecular complexity index is 2300. The van der Waals surface area contributed by atoms with Crippen molar-refractivity contribution in [1.82, 2.24) is 24.4 Å². The van der Waals surface area contributed by atoms with Gasteiger partial charge < -0.3 is 24.8 Å². The third-order valence-electron chi connectivity index (χ3n) is 11.7. The van der Waals surface area contributed by atoms with E-state index in [1.807, 2.05) is 73.8 Å². The number of amides is 4. The van der Waals surface area contributed by atoms with Crippen molar-refractivity contribution in [3.8, 4) is 16.9 Å². The van der Waals surface area contributed by atoms with Gasteiger partial charge in [-0.3, -0.25) is 19.2 Å². The standard InChI is InChI=1S/C49H56N6O5/c1-4-6-7-8-12-18-44(57)50-39-24-22-37(23-25-39)42-32-51(3)48-38(16-13-17-41(42)48)31-52-33-45-54(43(49(52)60)30-36-19-26-40(56)27-20-36)47(59)34-53(29-5-2)55(45)46(58)28-21-35-14-10-9-11-15-35/h5,9-11,13-17,19-20,22-27,32,43,45,56H,2,4,6-8,12,18,21,28-31,33-34H2,1,3H3,(H,50,57)/t43-,45-/m0/s1. The fourth-order valence-electron chi connectivity index (χ4n) is 8.73. The van der Waals surface area contributed by atoms with Gasteiger partial charge in [-0.25, -0.2) is 10.0 Å². The Kier molecular flexibility index (Phi) is 13.5. The van der Waals surface area contributed by atoms with Crippen LogP contribution in [0, 0.1) is 0 Å². The van der Waals surface area contributed by atoms with Crippen LogP contribution < -0.4 is 5.32 Å². The molecule has 11 heteroatoms. The third kappa shape index (κ3) is 9.47. The van der Waals surface area contributed by atoms with Crippen molar-refractivity contribution in [2.24, 2.45) is 7.05 Å². The Morgan fingerprint density at radius 1 is 0.867 bits per heavy atom. The van der Waals surface area contributed by atoms with Crippen molar-refractivity contribution in [3.05, 3.63) is 133 Å². The molecule has 2 atom stereocenters. The molecule has 2 aliphatic rings. The minimum Gasteiger partial charge on any atom is -0.508 e. The molecule has 2 saturated heterocycles. The number of benzene rings is 4. The molecular weight excluding hydrogens is 753 g/mol. The molecule has 2 fully saturated rings. The lowest BCUT2D eigenvalue weighted by Gasteiger charge is -2.55. The van der Waals surface area contributed by atoms with Gasteiger partial charge in [0.15, 0.2) is 0 Å². The summed E-state index contributed by atoms with van der Waals surface area (Å²) >= 11 is 0. The minimum absolute atomic E-state index is 0.0282. The molecule has 0 unspecified atom stereocenters. The first-order valence-corrected chi connectivity index (χ1v) is 21.2. The number of rotatable bonds is 17. The lowest BCUT2D eigenvalue weighted by Crippen LogP contribution is -2.75. The number of hydrogen-bond acceptors (Lipinski definition) is 6. The van der Waals surface area contributed by atoms with Gasteiger partial charge in [-0.15, -0.1) is 6.58 Å². The number of nitrogens with zero attached hydrogens (tertiary/aromatic N) is 5. The molecule has 0 bridgehead atoms. The first kappa shape index (κ1) is 41.9. The van der Waals surface area contributed by atoms with Crippen LogP contribution in [0.3, 0.4) is 0 Å². The van der Waals surface area contributed by atoms with E-state index in [0.29, 0.717) is 19.4 Å². The zero-order valence-corrected chi connectivity index (χ0v) is 34.8. The average Bonchev–Trinajstić information content (AvgIpc) is 3.59. The minimum atomic E-state index is -0.876. The van der Waals surface area contributed by atoms with Crippen LogP contribution in [0.2, 0.25) is 0 Å². The number of nitrogens with one attached hydrogen (secondary N) is 1. The normalized spacial score (nSPS) is 16.9. The Morgan fingerprint density at radius 3 is 2.35 bits per heavy atom. The molecule has 4 aromatic carbocycles. The van der Waals surface area contributed by atoms with E-state index in [2.05, 4.69) is 35.6 Å². The summed E-state index contributed by atoms with van der Waals surface area (Å²) in [5.41, 5.74) is 6.52. The highest BCUT2D eigenvalue weighted by Gasteiger charge is 2.51. The SMILES string of the molecule is C=CCN1CC(=O)N2[C@@H](Cc3ccc(O)cc3)C(=O)N(Cc3cccc4c(-c5ccc(NC(=O)CCCCCCC)cc5)cn(C)c34)C[C@@H]2N1C(=O)CCc1ccccc1. The summed E-state index contributed by atoms with van der Waals surface area (Å²) in [6.45, 7) is 6.72. The number of hydrogen-bond donors (Lipinski definition) is 2. The monoisotopic (exact) mass is 808 g/mol. The molecule has 0 radical (unpaired) electrons. The molecule has 2 aliphatic heterocycles. The quantitative estimate of drug-likeness (QED) is 0.0731. The molecule has 11 nitrogen and oxygen atoms in total. The van der Waals surface area contributed by atoms with Crippen molar-refractivity contribution in [2.75, 3.05) is 25.0 Å². The summed E-state index contributed by atoms with van der Waals surface area (Å²) in [6, 6.07) is 29.7. The van der Waals surface area contributed by atoms with Crippen molar-refractivity contribution < 1.29 is 24.3 Å². The number of phenolic OH excluding ortho intramolecular Hbond substituents is 1. The van der Waals surface area contributed by atoms with E-state index < -0.39 is 12.2 Å². The number of hydrazine groups is 1. The van der Waals surface area contributed by atoms with Gasteiger partial charge in [0.05, 0.1) is 18.6 Å². The van der Waals surface area contributed by atoms with Crippen molar-refractivity contribution in [1.29, 1.82) is 0 Å². The van der Waals surface area contributed by atoms with Gasteiger partial charge in [-0.1, -0.05) is 111 Å². The molecule has 60 heavy (non-hydrogen) atoms. The molecule has 3 heterocycles. The average molecular weight is 809 g/mol. The van der Waals surface area contributed by atoms with Crippen molar-refractivity contribution >= 4 is 40.2 Å². The number of carbonyl (C=O) groups is 4. The third-order valence-corrected chi connectivity index (χ3v) is 11.7. The van der Waals surface area contributed by atoms with Gasteiger partial charge in [-0.2, -0.15) is 0 Å². The molecule has 5 aromatic rings. The predicted octanol–water partition coefficient (Wildman–Crippen LogP) is 7.84. The molecule has 2 N–H and O–H groups in total. The summed E-state index contributed by atoms with van der Waals surface area (Å²) in [5.74, 6) is -0.429. The van der Waals surface area contributed by atoms with Gasteiger partial charge in [0, 0.05) is 62.2 Å². The second-order valence-electron chi connectivity index (χ2n) is 16.0. The van der Waals surface area contributed by atoms with Gasteiger partial charge in [0.25, 0.3) is 0 Å². The van der Waals surface area contributed by atoms with Crippen molar-refractivity contribution in [2.45, 2.75) is 83.5 Å². The summed E-state index contributed by atoms with van der Waals surface area (Å²) < 4.78 is 2.08. The number of anilines is 1. The molecule has 7 rings (SSSR count). The topological polar surface area (TPSA) is 118 Å². The lowest BCUT2D eigenvalue weighted by molar-refractivity contribution is -0.205. The Hall–Kier alpha value is -6.20. The van der Waals surface area contributed by atoms with Crippen LogP contribution in [0.4, 0.5) is 5.69 Å². The van der Waals surface area contributed by atoms with Crippen LogP contribution in [0.25, 0.3) is 22.0 Å². The van der Waals surface area contributed by atoms with E-state index in [-0.39, 0.29) is 61.9 Å². The number of aromatic hydroxyl groups is 1. The fourth-order valence-corrected chi connectivity index (χ4v) is 8.73. The van der Waals surface area contributed by atoms with E-state index in [1.54, 1.807) is 50.2 Å². The van der Waals surface area contributed by atoms with Crippen LogP contribution >= 0.6 is 0 Å². The van der Waals surface area contributed by atoms with Crippen LogP contribution in [0.15, 0.2) is 116 Å². The lowest BCUT2D eigenvalue weighted by atomic mass is 9.97. The number of para-hydroxylation sites is 1. The predicted molar refractivity (Wildman–Crippen MR) is 235 cm³/mol. The number of aryl methyl sites for hydroxylation is 2. The first-order valence-electron chi connectivity index (χ1n) is 21.2. The Morgan fingerprint density at radius 2 is 1.62 bits per heavy atom. The Labute approximate surface area is 352 Å². The number of carbonyl (C=O) groups excluding carboxylic acids is 4. The first-order chi connectivity index (χ1) is 29.1. The molecular formula is C49H56N6O5. The molecule has 0 saturated carbocycles. The van der Waals surface area contributed by atoms with E-state index in [1.165, 1.54) is 12.8 Å². The highest BCUT2D eigenvalue weighted by molar-refractivity contribution is 5.99. The van der Waals surface area contributed by atoms with Crippen LogP contribution in [0.5, 0.6) is 5.75 Å². The van der Waals surface area contributed by atoms with Crippen LogP contribution in [0.1, 0.15) is 68.6 Å². The number of fused-ring (bicyclic) bond motifs is 2. The maximum Gasteiger partial charge on any atom is 0.246 e. The number of piperazine rings is 1. The molecule has 1 aromatic heterocycles. The fraction of sp³-hybridized carbons (Fsp3) is 0.347. The van der Waals surface area contributed by atoms with Gasteiger partial charge in [0.2, 0.25) is 23.6 Å². The highest BCUT2D eigenvalue weighted by Crippen LogP contribution is 2.35. The summed E-state index contributed by atoms with van der Waals surface area (Å²) in [4.78, 5) is 59.2. The van der Waals surface area contributed by atoms with Crippen LogP contribution in [-0.2, 0) is 45.6 Å². The summed E-state index contributed by atoms with van der Waals surface area (Å²) in [7, 11) is 2.00. The zero-order chi connectivity index (χ0) is 42.2. The Balaban J connectivity index is 1.17. The molecule has 0 spiro atoms. The van der Waals surface area contributed by atoms with E-state index in [0.717, 1.165) is 63.7 Å². The molecule has 0 aliphatic carbocycles. The van der Waals surface area contributed by atoms with E-state index >= 15 is 0 Å². The molecule has 4 amide bonds. The summed E-state index contributed by atoms with van der Waals surface area (Å²) in [6.07, 6.45) is 10.0. The van der Waals surface area contributed by atoms with E-state index in [4.69, 9.17) is 0 Å². The maximum absolute atomic E-state index is 14.8. The van der Waals surface area contributed by atoms with Crippen molar-refractivity contribution in [3.63, 3.8) is 0 Å². The second kappa shape index (κ2) is 19.2. The smallest absolute Gasteiger partial charge is 0.246 e. The number of phenols is 1. The van der Waals surface area contributed by atoms with E-state index in [9.17, 15) is 24.3 Å². The molecule has 312 valence electrons. The number of unbranched alkanes of at least 4 members (excludes halogenated alkanes) is 4.